The van der Waals surface area contributed by atoms with Crippen LogP contribution in [0.15, 0.2) is 18.2 Å². The van der Waals surface area contributed by atoms with E-state index in [9.17, 15) is 4.79 Å². The summed E-state index contributed by atoms with van der Waals surface area (Å²) in [7, 11) is 1.64. The van der Waals surface area contributed by atoms with E-state index in [0.717, 1.165) is 43.1 Å². The van der Waals surface area contributed by atoms with Crippen LogP contribution in [-0.4, -0.2) is 50.2 Å². The Labute approximate surface area is 125 Å². The molecule has 0 aliphatic carbocycles. The Morgan fingerprint density at radius 2 is 2.33 bits per heavy atom. The second-order valence-electron chi connectivity index (χ2n) is 5.77. The summed E-state index contributed by atoms with van der Waals surface area (Å²) in [4.78, 5) is 14.7. The van der Waals surface area contributed by atoms with Crippen LogP contribution in [0.25, 0.3) is 0 Å². The van der Waals surface area contributed by atoms with Gasteiger partial charge in [-0.2, -0.15) is 0 Å². The van der Waals surface area contributed by atoms with Crippen LogP contribution in [-0.2, 0) is 11.2 Å². The Morgan fingerprint density at radius 3 is 3.10 bits per heavy atom. The molecule has 0 saturated carbocycles. The summed E-state index contributed by atoms with van der Waals surface area (Å²) in [6.07, 6.45) is 0.745. The predicted molar refractivity (Wildman–Crippen MR) is 79.7 cm³/mol. The van der Waals surface area contributed by atoms with Crippen molar-refractivity contribution in [3.63, 3.8) is 0 Å². The number of hydrogen-bond acceptors (Lipinski definition) is 4. The number of hydrogen-bond donors (Lipinski definition) is 1. The maximum absolute atomic E-state index is 12.7. The van der Waals surface area contributed by atoms with Crippen LogP contribution in [0.5, 0.6) is 11.5 Å². The fourth-order valence-electron chi connectivity index (χ4n) is 3.04. The lowest BCUT2D eigenvalue weighted by atomic mass is 9.94. The number of methoxy groups -OCH3 is 1. The quantitative estimate of drug-likeness (QED) is 0.885. The maximum Gasteiger partial charge on any atom is 0.229 e. The molecule has 2 heterocycles. The van der Waals surface area contributed by atoms with Gasteiger partial charge in [-0.3, -0.25) is 4.79 Å². The van der Waals surface area contributed by atoms with Crippen molar-refractivity contribution in [1.29, 1.82) is 0 Å². The molecule has 3 rings (SSSR count). The van der Waals surface area contributed by atoms with Crippen molar-refractivity contribution in [2.75, 3.05) is 33.4 Å². The molecule has 2 atom stereocenters. The molecular formula is C16H22N2O3. The summed E-state index contributed by atoms with van der Waals surface area (Å²) < 4.78 is 11.0. The van der Waals surface area contributed by atoms with Crippen molar-refractivity contribution in [2.24, 2.45) is 5.92 Å². The molecule has 21 heavy (non-hydrogen) atoms. The minimum absolute atomic E-state index is 0.0774. The van der Waals surface area contributed by atoms with Gasteiger partial charge in [0.15, 0.2) is 0 Å². The van der Waals surface area contributed by atoms with Gasteiger partial charge in [0.25, 0.3) is 0 Å². The highest BCUT2D eigenvalue weighted by Crippen LogP contribution is 2.31. The van der Waals surface area contributed by atoms with E-state index in [1.807, 2.05) is 23.1 Å². The van der Waals surface area contributed by atoms with Crippen LogP contribution in [0.4, 0.5) is 0 Å². The largest absolute Gasteiger partial charge is 0.497 e. The number of rotatable bonds is 2. The van der Waals surface area contributed by atoms with Crippen molar-refractivity contribution < 1.29 is 14.3 Å². The average molecular weight is 290 g/mol. The highest BCUT2D eigenvalue weighted by atomic mass is 16.5. The first-order valence-electron chi connectivity index (χ1n) is 7.50. The number of benzene rings is 1. The van der Waals surface area contributed by atoms with Gasteiger partial charge in [0.2, 0.25) is 5.91 Å². The number of fused-ring (bicyclic) bond motifs is 1. The molecule has 5 nitrogen and oxygen atoms in total. The van der Waals surface area contributed by atoms with Gasteiger partial charge >= 0.3 is 0 Å². The molecule has 114 valence electrons. The van der Waals surface area contributed by atoms with E-state index in [1.165, 1.54) is 0 Å². The first-order valence-corrected chi connectivity index (χ1v) is 7.50. The number of amides is 1. The Balaban J connectivity index is 1.72. The van der Waals surface area contributed by atoms with Crippen LogP contribution in [0.2, 0.25) is 0 Å². The Morgan fingerprint density at radius 1 is 1.48 bits per heavy atom. The molecule has 1 aromatic rings. The van der Waals surface area contributed by atoms with E-state index in [0.29, 0.717) is 6.61 Å². The molecule has 0 bridgehead atoms. The topological polar surface area (TPSA) is 50.8 Å². The molecule has 0 aromatic heterocycles. The summed E-state index contributed by atoms with van der Waals surface area (Å²) in [5.41, 5.74) is 1.09. The minimum Gasteiger partial charge on any atom is -0.497 e. The normalized spacial score (nSPS) is 25.0. The number of carbonyl (C=O) groups excluding carboxylic acids is 1. The van der Waals surface area contributed by atoms with Crippen molar-refractivity contribution >= 4 is 5.91 Å². The molecule has 5 heteroatoms. The van der Waals surface area contributed by atoms with Crippen molar-refractivity contribution in [1.82, 2.24) is 10.2 Å². The van der Waals surface area contributed by atoms with E-state index in [-0.39, 0.29) is 17.9 Å². The Kier molecular flexibility index (Phi) is 4.01. The number of nitrogens with zero attached hydrogens (tertiary/aromatic N) is 1. The molecule has 2 aliphatic heterocycles. The fourth-order valence-corrected chi connectivity index (χ4v) is 3.04. The molecule has 1 aromatic carbocycles. The Hall–Kier alpha value is -1.75. The average Bonchev–Trinajstić information content (AvgIpc) is 2.53. The van der Waals surface area contributed by atoms with Crippen molar-refractivity contribution in [3.05, 3.63) is 23.8 Å². The van der Waals surface area contributed by atoms with Gasteiger partial charge in [0.1, 0.15) is 18.1 Å². The number of nitrogens with one attached hydrogen (secondary N) is 1. The predicted octanol–water partition coefficient (Wildman–Crippen LogP) is 1.07. The zero-order chi connectivity index (χ0) is 14.8. The lowest BCUT2D eigenvalue weighted by Gasteiger charge is -2.37. The first-order chi connectivity index (χ1) is 10.2. The third kappa shape index (κ3) is 2.83. The SMILES string of the molecule is COc1ccc2c(c1)OC[C@H](C(=O)N1CCNC[C@@H]1C)C2. The van der Waals surface area contributed by atoms with Gasteiger partial charge in [-0.25, -0.2) is 0 Å². The molecule has 1 amide bonds. The smallest absolute Gasteiger partial charge is 0.229 e. The van der Waals surface area contributed by atoms with Crippen LogP contribution in [0, 0.1) is 5.92 Å². The molecular weight excluding hydrogens is 268 g/mol. The highest BCUT2D eigenvalue weighted by molar-refractivity contribution is 5.80. The summed E-state index contributed by atoms with van der Waals surface area (Å²) in [6.45, 7) is 5.07. The first kappa shape index (κ1) is 14.2. The molecule has 0 unspecified atom stereocenters. The molecule has 0 spiro atoms. The summed E-state index contributed by atoms with van der Waals surface area (Å²) in [5, 5.41) is 3.31. The van der Waals surface area contributed by atoms with Crippen molar-refractivity contribution in [3.8, 4) is 11.5 Å². The molecule has 0 radical (unpaired) electrons. The summed E-state index contributed by atoms with van der Waals surface area (Å²) >= 11 is 0. The molecule has 2 aliphatic rings. The zero-order valence-corrected chi connectivity index (χ0v) is 12.6. The van der Waals surface area contributed by atoms with E-state index < -0.39 is 0 Å². The van der Waals surface area contributed by atoms with Crippen molar-refractivity contribution in [2.45, 2.75) is 19.4 Å². The lowest BCUT2D eigenvalue weighted by molar-refractivity contribution is -0.139. The van der Waals surface area contributed by atoms with Gasteiger partial charge in [0, 0.05) is 31.7 Å². The Bertz CT molecular complexity index is 532. The highest BCUT2D eigenvalue weighted by Gasteiger charge is 2.32. The summed E-state index contributed by atoms with van der Waals surface area (Å²) in [5.74, 6) is 1.76. The van der Waals surface area contributed by atoms with Gasteiger partial charge in [0.05, 0.1) is 13.0 Å². The molecule has 1 N–H and O–H groups in total. The third-order valence-corrected chi connectivity index (χ3v) is 4.31. The second kappa shape index (κ2) is 5.93. The lowest BCUT2D eigenvalue weighted by Crippen LogP contribution is -2.54. The maximum atomic E-state index is 12.7. The number of piperazine rings is 1. The second-order valence-corrected chi connectivity index (χ2v) is 5.77. The zero-order valence-electron chi connectivity index (χ0n) is 12.6. The van der Waals surface area contributed by atoms with Gasteiger partial charge < -0.3 is 19.7 Å². The monoisotopic (exact) mass is 290 g/mol. The van der Waals surface area contributed by atoms with E-state index in [2.05, 4.69) is 12.2 Å². The third-order valence-electron chi connectivity index (χ3n) is 4.31. The van der Waals surface area contributed by atoms with Crippen LogP contribution in [0.3, 0.4) is 0 Å². The van der Waals surface area contributed by atoms with E-state index in [4.69, 9.17) is 9.47 Å². The van der Waals surface area contributed by atoms with Gasteiger partial charge in [-0.1, -0.05) is 6.07 Å². The van der Waals surface area contributed by atoms with Gasteiger partial charge in [-0.15, -0.1) is 0 Å². The van der Waals surface area contributed by atoms with Crippen LogP contribution >= 0.6 is 0 Å². The number of carbonyl (C=O) groups is 1. The summed E-state index contributed by atoms with van der Waals surface area (Å²) in [6, 6.07) is 6.06. The van der Waals surface area contributed by atoms with Crippen LogP contribution in [0.1, 0.15) is 12.5 Å². The van der Waals surface area contributed by atoms with Crippen LogP contribution < -0.4 is 14.8 Å². The fraction of sp³-hybridized carbons (Fsp3) is 0.562. The molecule has 1 saturated heterocycles. The number of ether oxygens (including phenoxy) is 2. The standard InChI is InChI=1S/C16H22N2O3/c1-11-9-17-5-6-18(11)16(19)13-7-12-3-4-14(20-2)8-15(12)21-10-13/h3-4,8,11,13,17H,5-7,9-10H2,1-2H3/t11-,13+/m0/s1. The van der Waals surface area contributed by atoms with E-state index >= 15 is 0 Å². The van der Waals surface area contributed by atoms with E-state index in [1.54, 1.807) is 7.11 Å². The minimum atomic E-state index is -0.0774. The van der Waals surface area contributed by atoms with Gasteiger partial charge in [-0.05, 0) is 25.0 Å². The molecule has 1 fully saturated rings.